The van der Waals surface area contributed by atoms with Crippen molar-refractivity contribution >= 4 is 11.7 Å². The molecule has 1 aromatic rings. The van der Waals surface area contributed by atoms with E-state index in [2.05, 4.69) is 5.32 Å². The first kappa shape index (κ1) is 9.58. The van der Waals surface area contributed by atoms with Crippen molar-refractivity contribution < 1.29 is 9.90 Å². The normalized spacial score (nSPS) is 9.77. The third-order valence-corrected chi connectivity index (χ3v) is 1.96. The Balaban J connectivity index is 3.38. The molecule has 70 valence electrons. The second kappa shape index (κ2) is 3.47. The van der Waals surface area contributed by atoms with Crippen molar-refractivity contribution in [2.45, 2.75) is 13.8 Å². The van der Waals surface area contributed by atoms with Crippen LogP contribution in [0.25, 0.3) is 0 Å². The van der Waals surface area contributed by atoms with Crippen LogP contribution in [0.5, 0.6) is 0 Å². The standard InChI is InChI=1S/C10H13NO2/c1-6-4-7(2)9(11-3)8(5-6)10(12)13/h4-5,11H,1-3H3,(H,12,13). The van der Waals surface area contributed by atoms with Crippen LogP contribution in [0.1, 0.15) is 21.5 Å². The Morgan fingerprint density at radius 2 is 2.00 bits per heavy atom. The number of hydrogen-bond acceptors (Lipinski definition) is 2. The molecule has 0 bridgehead atoms. The van der Waals surface area contributed by atoms with Crippen LogP contribution in [0.2, 0.25) is 0 Å². The summed E-state index contributed by atoms with van der Waals surface area (Å²) in [6.07, 6.45) is 0. The van der Waals surface area contributed by atoms with Crippen LogP contribution in [-0.2, 0) is 0 Å². The Labute approximate surface area is 77.4 Å². The number of aromatic carboxylic acids is 1. The van der Waals surface area contributed by atoms with Crippen molar-refractivity contribution in [3.05, 3.63) is 28.8 Å². The SMILES string of the molecule is CNc1c(C)cc(C)cc1C(=O)O. The van der Waals surface area contributed by atoms with E-state index in [9.17, 15) is 4.79 Å². The summed E-state index contributed by atoms with van der Waals surface area (Å²) in [5.41, 5.74) is 2.95. The van der Waals surface area contributed by atoms with Gasteiger partial charge in [-0.05, 0) is 31.0 Å². The molecule has 0 radical (unpaired) electrons. The molecule has 0 aliphatic rings. The molecule has 0 aromatic heterocycles. The van der Waals surface area contributed by atoms with Crippen molar-refractivity contribution in [2.24, 2.45) is 0 Å². The van der Waals surface area contributed by atoms with Crippen molar-refractivity contribution in [3.8, 4) is 0 Å². The number of carbonyl (C=O) groups is 1. The summed E-state index contributed by atoms with van der Waals surface area (Å²) in [5, 5.41) is 11.8. The first-order valence-electron chi connectivity index (χ1n) is 4.08. The molecule has 0 spiro atoms. The molecule has 1 rings (SSSR count). The zero-order valence-electron chi connectivity index (χ0n) is 8.01. The minimum Gasteiger partial charge on any atom is -0.478 e. The van der Waals surface area contributed by atoms with Gasteiger partial charge in [0.05, 0.1) is 11.3 Å². The molecule has 3 heteroatoms. The van der Waals surface area contributed by atoms with Crippen molar-refractivity contribution in [1.29, 1.82) is 0 Å². The largest absolute Gasteiger partial charge is 0.478 e. The van der Waals surface area contributed by atoms with Gasteiger partial charge in [0.1, 0.15) is 0 Å². The number of carboxylic acids is 1. The second-order valence-corrected chi connectivity index (χ2v) is 3.06. The molecular weight excluding hydrogens is 166 g/mol. The summed E-state index contributed by atoms with van der Waals surface area (Å²) in [4.78, 5) is 10.8. The monoisotopic (exact) mass is 179 g/mol. The van der Waals surface area contributed by atoms with Gasteiger partial charge < -0.3 is 10.4 Å². The van der Waals surface area contributed by atoms with Gasteiger partial charge in [-0.3, -0.25) is 0 Å². The van der Waals surface area contributed by atoms with E-state index in [-0.39, 0.29) is 0 Å². The first-order valence-corrected chi connectivity index (χ1v) is 4.08. The predicted molar refractivity (Wildman–Crippen MR) is 52.4 cm³/mol. The Kier molecular flexibility index (Phi) is 2.56. The summed E-state index contributed by atoms with van der Waals surface area (Å²) in [6, 6.07) is 3.62. The van der Waals surface area contributed by atoms with E-state index in [4.69, 9.17) is 5.11 Å². The molecule has 0 unspecified atom stereocenters. The number of aryl methyl sites for hydroxylation is 2. The van der Waals surface area contributed by atoms with E-state index >= 15 is 0 Å². The van der Waals surface area contributed by atoms with Gasteiger partial charge in [-0.25, -0.2) is 4.79 Å². The van der Waals surface area contributed by atoms with Gasteiger partial charge in [-0.1, -0.05) is 6.07 Å². The third-order valence-electron chi connectivity index (χ3n) is 1.96. The molecule has 0 atom stereocenters. The summed E-state index contributed by atoms with van der Waals surface area (Å²) in [7, 11) is 1.73. The van der Waals surface area contributed by atoms with Crippen molar-refractivity contribution in [3.63, 3.8) is 0 Å². The molecule has 0 heterocycles. The van der Waals surface area contributed by atoms with Crippen molar-refractivity contribution in [2.75, 3.05) is 12.4 Å². The van der Waals surface area contributed by atoms with Gasteiger partial charge in [0, 0.05) is 7.05 Å². The molecule has 0 aliphatic carbocycles. The number of carboxylic acid groups (broad SMARTS) is 1. The lowest BCUT2D eigenvalue weighted by Crippen LogP contribution is -2.05. The summed E-state index contributed by atoms with van der Waals surface area (Å²) in [5.74, 6) is -0.892. The zero-order chi connectivity index (χ0) is 10.0. The van der Waals surface area contributed by atoms with Gasteiger partial charge >= 0.3 is 5.97 Å². The fourth-order valence-corrected chi connectivity index (χ4v) is 1.47. The van der Waals surface area contributed by atoms with Crippen LogP contribution in [-0.4, -0.2) is 18.1 Å². The van der Waals surface area contributed by atoms with E-state index in [1.807, 2.05) is 19.9 Å². The Hall–Kier alpha value is -1.51. The summed E-state index contributed by atoms with van der Waals surface area (Å²) >= 11 is 0. The zero-order valence-corrected chi connectivity index (χ0v) is 8.01. The molecule has 0 saturated heterocycles. The summed E-state index contributed by atoms with van der Waals surface area (Å²) < 4.78 is 0. The lowest BCUT2D eigenvalue weighted by atomic mass is 10.0. The minimum absolute atomic E-state index is 0.333. The highest BCUT2D eigenvalue weighted by atomic mass is 16.4. The average Bonchev–Trinajstić information content (AvgIpc) is 2.02. The molecule has 1 aromatic carbocycles. The first-order chi connectivity index (χ1) is 6.06. The highest BCUT2D eigenvalue weighted by molar-refractivity contribution is 5.95. The Bertz CT molecular complexity index is 345. The fourth-order valence-electron chi connectivity index (χ4n) is 1.47. The van der Waals surface area contributed by atoms with Gasteiger partial charge in [-0.15, -0.1) is 0 Å². The lowest BCUT2D eigenvalue weighted by Gasteiger charge is -2.09. The highest BCUT2D eigenvalue weighted by Crippen LogP contribution is 2.21. The van der Waals surface area contributed by atoms with Crippen molar-refractivity contribution in [1.82, 2.24) is 0 Å². The van der Waals surface area contributed by atoms with E-state index in [1.165, 1.54) is 0 Å². The number of hydrogen-bond donors (Lipinski definition) is 2. The van der Waals surface area contributed by atoms with Gasteiger partial charge in [0.25, 0.3) is 0 Å². The number of benzene rings is 1. The third kappa shape index (κ3) is 1.80. The molecule has 0 aliphatic heterocycles. The maximum atomic E-state index is 10.8. The minimum atomic E-state index is -0.892. The number of rotatable bonds is 2. The maximum Gasteiger partial charge on any atom is 0.337 e. The van der Waals surface area contributed by atoms with Gasteiger partial charge in [-0.2, -0.15) is 0 Å². The maximum absolute atomic E-state index is 10.8. The van der Waals surface area contributed by atoms with Crippen LogP contribution >= 0.6 is 0 Å². The van der Waals surface area contributed by atoms with Crippen LogP contribution in [0.3, 0.4) is 0 Å². The lowest BCUT2D eigenvalue weighted by molar-refractivity contribution is 0.0697. The molecule has 2 N–H and O–H groups in total. The number of nitrogens with one attached hydrogen (secondary N) is 1. The topological polar surface area (TPSA) is 49.3 Å². The second-order valence-electron chi connectivity index (χ2n) is 3.06. The summed E-state index contributed by atoms with van der Waals surface area (Å²) in [6.45, 7) is 3.78. The average molecular weight is 179 g/mol. The smallest absolute Gasteiger partial charge is 0.337 e. The Morgan fingerprint density at radius 1 is 1.38 bits per heavy atom. The molecule has 0 fully saturated rings. The molecule has 13 heavy (non-hydrogen) atoms. The van der Waals surface area contributed by atoms with Crippen LogP contribution < -0.4 is 5.32 Å². The van der Waals surface area contributed by atoms with Gasteiger partial charge in [0.2, 0.25) is 0 Å². The van der Waals surface area contributed by atoms with Gasteiger partial charge in [0.15, 0.2) is 0 Å². The molecule has 0 amide bonds. The highest BCUT2D eigenvalue weighted by Gasteiger charge is 2.11. The molecule has 0 saturated carbocycles. The quantitative estimate of drug-likeness (QED) is 0.730. The van der Waals surface area contributed by atoms with E-state index in [0.717, 1.165) is 11.1 Å². The van der Waals surface area contributed by atoms with E-state index in [1.54, 1.807) is 13.1 Å². The molecule has 3 nitrogen and oxygen atoms in total. The molecular formula is C10H13NO2. The fraction of sp³-hybridized carbons (Fsp3) is 0.300. The van der Waals surface area contributed by atoms with Crippen LogP contribution in [0, 0.1) is 13.8 Å². The van der Waals surface area contributed by atoms with E-state index in [0.29, 0.717) is 11.3 Å². The number of anilines is 1. The predicted octanol–water partition coefficient (Wildman–Crippen LogP) is 2.04. The van der Waals surface area contributed by atoms with Crippen LogP contribution in [0.15, 0.2) is 12.1 Å². The van der Waals surface area contributed by atoms with Crippen LogP contribution in [0.4, 0.5) is 5.69 Å². The Morgan fingerprint density at radius 3 is 2.46 bits per heavy atom. The van der Waals surface area contributed by atoms with E-state index < -0.39 is 5.97 Å².